The van der Waals surface area contributed by atoms with Gasteiger partial charge in [0.2, 0.25) is 0 Å². The lowest BCUT2D eigenvalue weighted by Gasteiger charge is -2.39. The molecule has 0 N–H and O–H groups in total. The van der Waals surface area contributed by atoms with Crippen molar-refractivity contribution in [2.75, 3.05) is 28.4 Å². The Morgan fingerprint density at radius 2 is 1.28 bits per heavy atom. The van der Waals surface area contributed by atoms with Crippen LogP contribution in [-0.2, 0) is 0 Å². The molecule has 2 unspecified atom stereocenters. The zero-order chi connectivity index (χ0) is 24.1. The van der Waals surface area contributed by atoms with Crippen LogP contribution < -0.4 is 18.9 Å². The first-order chi connectivity index (χ1) is 15.2. The second-order valence-electron chi connectivity index (χ2n) is 8.17. The van der Waals surface area contributed by atoms with E-state index in [4.69, 9.17) is 18.9 Å². The van der Waals surface area contributed by atoms with Crippen molar-refractivity contribution in [1.29, 1.82) is 0 Å². The van der Waals surface area contributed by atoms with Gasteiger partial charge in [-0.05, 0) is 36.6 Å². The number of methoxy groups -OCH3 is 4. The van der Waals surface area contributed by atoms with E-state index in [1.807, 2.05) is 27.7 Å². The minimum Gasteiger partial charge on any atom is -0.493 e. The molecule has 0 saturated carbocycles. The second kappa shape index (κ2) is 10.5. The topological polar surface area (TPSA) is 71.1 Å². The number of ether oxygens (including phenoxy) is 4. The molecule has 0 aliphatic carbocycles. The van der Waals surface area contributed by atoms with Gasteiger partial charge in [-0.15, -0.1) is 0 Å². The molecule has 2 aromatic carbocycles. The molecule has 0 aromatic heterocycles. The highest BCUT2D eigenvalue weighted by Gasteiger charge is 2.48. The van der Waals surface area contributed by atoms with Crippen LogP contribution in [0.3, 0.4) is 0 Å². The van der Waals surface area contributed by atoms with Crippen molar-refractivity contribution >= 4 is 11.6 Å². The molecular formula is C26H34O6. The first-order valence-electron chi connectivity index (χ1n) is 10.7. The quantitative estimate of drug-likeness (QED) is 0.430. The molecule has 0 saturated heterocycles. The molecule has 0 aliphatic heterocycles. The van der Waals surface area contributed by atoms with Crippen molar-refractivity contribution in [1.82, 2.24) is 0 Å². The number of benzene rings is 2. The van der Waals surface area contributed by atoms with Crippen molar-refractivity contribution in [2.45, 2.75) is 34.1 Å². The fourth-order valence-electron chi connectivity index (χ4n) is 4.33. The summed E-state index contributed by atoms with van der Waals surface area (Å²) in [5, 5.41) is 0. The van der Waals surface area contributed by atoms with Crippen molar-refractivity contribution in [3.63, 3.8) is 0 Å². The van der Waals surface area contributed by atoms with Crippen LogP contribution in [0, 0.1) is 17.3 Å². The van der Waals surface area contributed by atoms with Crippen LogP contribution in [0.1, 0.15) is 54.8 Å². The first-order valence-corrected chi connectivity index (χ1v) is 10.7. The van der Waals surface area contributed by atoms with Crippen molar-refractivity contribution in [3.05, 3.63) is 47.5 Å². The van der Waals surface area contributed by atoms with E-state index in [0.717, 1.165) is 0 Å². The number of ketones is 2. The van der Waals surface area contributed by atoms with Gasteiger partial charge < -0.3 is 18.9 Å². The summed E-state index contributed by atoms with van der Waals surface area (Å²) in [6.07, 6.45) is 0.478. The number of Topliss-reactive ketones (excluding diaryl/α,β-unsaturated/α-hetero) is 2. The number of carbonyl (C=O) groups excluding carboxylic acids is 2. The second-order valence-corrected chi connectivity index (χ2v) is 8.17. The molecule has 2 rings (SSSR count). The van der Waals surface area contributed by atoms with Crippen LogP contribution in [0.2, 0.25) is 0 Å². The molecule has 2 atom stereocenters. The van der Waals surface area contributed by atoms with E-state index in [-0.39, 0.29) is 17.5 Å². The summed E-state index contributed by atoms with van der Waals surface area (Å²) >= 11 is 0. The predicted molar refractivity (Wildman–Crippen MR) is 124 cm³/mol. The lowest BCUT2D eigenvalue weighted by molar-refractivity contribution is 0.0487. The standard InChI is InChI=1S/C26H34O6/c1-9-19(22(27)17-12-10-14-20(29-5)23(17)31-7)26(4,16(2)3)25(28)18-13-11-15-21(30-6)24(18)32-8/h10-16,19H,9H2,1-8H3. The molecular weight excluding hydrogens is 408 g/mol. The maximum Gasteiger partial charge on any atom is 0.173 e. The van der Waals surface area contributed by atoms with Crippen LogP contribution >= 0.6 is 0 Å². The third kappa shape index (κ3) is 4.31. The zero-order valence-electron chi connectivity index (χ0n) is 20.3. The van der Waals surface area contributed by atoms with E-state index in [2.05, 4.69) is 0 Å². The summed E-state index contributed by atoms with van der Waals surface area (Å²) in [5.74, 6) is 0.644. The molecule has 32 heavy (non-hydrogen) atoms. The Hall–Kier alpha value is -3.02. The maximum absolute atomic E-state index is 14.0. The summed E-state index contributed by atoms with van der Waals surface area (Å²) in [5.41, 5.74) is -0.206. The Balaban J connectivity index is 2.66. The van der Waals surface area contributed by atoms with Crippen LogP contribution in [0.25, 0.3) is 0 Å². The molecule has 0 heterocycles. The van der Waals surface area contributed by atoms with E-state index in [1.165, 1.54) is 28.4 Å². The Morgan fingerprint density at radius 3 is 1.69 bits per heavy atom. The van der Waals surface area contributed by atoms with Gasteiger partial charge in [0.05, 0.1) is 39.6 Å². The third-order valence-corrected chi connectivity index (χ3v) is 6.45. The van der Waals surface area contributed by atoms with Crippen molar-refractivity contribution < 1.29 is 28.5 Å². The van der Waals surface area contributed by atoms with Crippen molar-refractivity contribution in [2.24, 2.45) is 17.3 Å². The van der Waals surface area contributed by atoms with Crippen LogP contribution in [0.15, 0.2) is 36.4 Å². The molecule has 6 nitrogen and oxygen atoms in total. The van der Waals surface area contributed by atoms with Crippen LogP contribution in [0.5, 0.6) is 23.0 Å². The predicted octanol–water partition coefficient (Wildman–Crippen LogP) is 5.48. The van der Waals surface area contributed by atoms with Gasteiger partial charge in [0.15, 0.2) is 34.6 Å². The SMILES string of the molecule is CCC(C(=O)c1cccc(OC)c1OC)C(C)(C(=O)c1cccc(OC)c1OC)C(C)C. The monoisotopic (exact) mass is 442 g/mol. The van der Waals surface area contributed by atoms with Gasteiger partial charge in [-0.2, -0.15) is 0 Å². The highest BCUT2D eigenvalue weighted by molar-refractivity contribution is 6.09. The Morgan fingerprint density at radius 1 is 0.812 bits per heavy atom. The third-order valence-electron chi connectivity index (χ3n) is 6.45. The lowest BCUT2D eigenvalue weighted by Crippen LogP contribution is -2.44. The highest BCUT2D eigenvalue weighted by atomic mass is 16.5. The molecule has 0 bridgehead atoms. The van der Waals surface area contributed by atoms with Gasteiger partial charge in [0, 0.05) is 11.3 Å². The molecule has 0 spiro atoms. The zero-order valence-corrected chi connectivity index (χ0v) is 20.3. The maximum atomic E-state index is 14.0. The van der Waals surface area contributed by atoms with Crippen molar-refractivity contribution in [3.8, 4) is 23.0 Å². The van der Waals surface area contributed by atoms with E-state index >= 15 is 0 Å². The average molecular weight is 443 g/mol. The normalized spacial score (nSPS) is 13.8. The number of rotatable bonds is 11. The average Bonchev–Trinajstić information content (AvgIpc) is 2.81. The van der Waals surface area contributed by atoms with Crippen LogP contribution in [-0.4, -0.2) is 40.0 Å². The first kappa shape index (κ1) is 25.2. The number of hydrogen-bond donors (Lipinski definition) is 0. The van der Waals surface area contributed by atoms with Gasteiger partial charge in [0.1, 0.15) is 0 Å². The smallest absolute Gasteiger partial charge is 0.173 e. The van der Waals surface area contributed by atoms with Gasteiger partial charge in [-0.25, -0.2) is 0 Å². The van der Waals surface area contributed by atoms with Gasteiger partial charge in [-0.1, -0.05) is 39.8 Å². The number of para-hydroxylation sites is 2. The molecule has 0 fully saturated rings. The van der Waals surface area contributed by atoms with Gasteiger partial charge in [-0.3, -0.25) is 9.59 Å². The van der Waals surface area contributed by atoms with E-state index in [9.17, 15) is 9.59 Å². The Kier molecular flexibility index (Phi) is 8.31. The summed E-state index contributed by atoms with van der Waals surface area (Å²) in [7, 11) is 6.07. The lowest BCUT2D eigenvalue weighted by atomic mass is 9.62. The minimum absolute atomic E-state index is 0.128. The fourth-order valence-corrected chi connectivity index (χ4v) is 4.33. The molecule has 0 radical (unpaired) electrons. The number of carbonyl (C=O) groups is 2. The largest absolute Gasteiger partial charge is 0.493 e. The van der Waals surface area contributed by atoms with Gasteiger partial charge >= 0.3 is 0 Å². The highest BCUT2D eigenvalue weighted by Crippen LogP contribution is 2.46. The molecule has 0 amide bonds. The summed E-state index contributed by atoms with van der Waals surface area (Å²) in [4.78, 5) is 27.9. The summed E-state index contributed by atoms with van der Waals surface area (Å²) < 4.78 is 21.8. The van der Waals surface area contributed by atoms with Crippen LogP contribution in [0.4, 0.5) is 0 Å². The van der Waals surface area contributed by atoms with E-state index < -0.39 is 11.3 Å². The Bertz CT molecular complexity index is 965. The summed E-state index contributed by atoms with van der Waals surface area (Å²) in [6, 6.07) is 10.4. The van der Waals surface area contributed by atoms with Gasteiger partial charge in [0.25, 0.3) is 0 Å². The molecule has 0 aliphatic rings. The number of hydrogen-bond acceptors (Lipinski definition) is 6. The minimum atomic E-state index is -1.00. The molecule has 174 valence electrons. The fraction of sp³-hybridized carbons (Fsp3) is 0.462. The Labute approximate surface area is 190 Å². The molecule has 2 aromatic rings. The van der Waals surface area contributed by atoms with E-state index in [1.54, 1.807) is 36.4 Å². The van der Waals surface area contributed by atoms with E-state index in [0.29, 0.717) is 40.5 Å². The summed E-state index contributed by atoms with van der Waals surface area (Å²) in [6.45, 7) is 7.70. The molecule has 6 heteroatoms.